The van der Waals surface area contributed by atoms with Crippen LogP contribution >= 0.6 is 15.9 Å². The van der Waals surface area contributed by atoms with Crippen molar-refractivity contribution in [1.82, 2.24) is 4.90 Å². The molecule has 1 amide bonds. The Morgan fingerprint density at radius 2 is 1.86 bits per heavy atom. The highest BCUT2D eigenvalue weighted by Crippen LogP contribution is 2.39. The second-order valence-electron chi connectivity index (χ2n) is 6.78. The third kappa shape index (κ3) is 2.89. The van der Waals surface area contributed by atoms with Gasteiger partial charge >= 0.3 is 0 Å². The van der Waals surface area contributed by atoms with E-state index in [1.807, 2.05) is 24.3 Å². The average molecular weight is 454 g/mol. The molecule has 4 aromatic rings. The van der Waals surface area contributed by atoms with Gasteiger partial charge in [-0.15, -0.1) is 0 Å². The molecule has 7 heteroatoms. The Hall–Kier alpha value is -3.19. The fourth-order valence-corrected chi connectivity index (χ4v) is 3.98. The monoisotopic (exact) mass is 453 g/mol. The van der Waals surface area contributed by atoms with Crippen molar-refractivity contribution in [2.45, 2.75) is 12.6 Å². The lowest BCUT2D eigenvalue weighted by atomic mass is 9.98. The molecule has 0 radical (unpaired) electrons. The number of fused-ring (bicyclic) bond motifs is 2. The van der Waals surface area contributed by atoms with Crippen LogP contribution in [0.4, 0.5) is 4.39 Å². The lowest BCUT2D eigenvalue weighted by Gasteiger charge is -2.24. The molecular formula is C22H13BrFNO4. The molecule has 2 aromatic heterocycles. The first kappa shape index (κ1) is 17.9. The van der Waals surface area contributed by atoms with E-state index in [1.54, 1.807) is 12.1 Å². The number of carbonyl (C=O) groups excluding carboxylic acids is 1. The summed E-state index contributed by atoms with van der Waals surface area (Å²) < 4.78 is 25.8. The summed E-state index contributed by atoms with van der Waals surface area (Å²) in [5, 5.41) is 0.110. The largest absolute Gasteiger partial charge is 0.467 e. The molecule has 0 spiro atoms. The number of hydrogen-bond donors (Lipinski definition) is 0. The fourth-order valence-electron chi connectivity index (χ4n) is 3.72. The van der Waals surface area contributed by atoms with Gasteiger partial charge in [0.2, 0.25) is 5.76 Å². The first-order valence-electron chi connectivity index (χ1n) is 8.88. The molecule has 5 rings (SSSR count). The molecule has 144 valence electrons. The summed E-state index contributed by atoms with van der Waals surface area (Å²) in [5.41, 5.74) is 0.721. The molecule has 0 N–H and O–H groups in total. The Balaban J connectivity index is 1.75. The van der Waals surface area contributed by atoms with Crippen LogP contribution in [0, 0.1) is 5.82 Å². The van der Waals surface area contributed by atoms with E-state index in [-0.39, 0.29) is 28.8 Å². The minimum absolute atomic E-state index is 0.0198. The Kier molecular flexibility index (Phi) is 4.13. The first-order chi connectivity index (χ1) is 14.0. The average Bonchev–Trinajstić information content (AvgIpc) is 3.32. The van der Waals surface area contributed by atoms with Crippen molar-refractivity contribution in [1.29, 1.82) is 0 Å². The Bertz CT molecular complexity index is 1300. The standard InChI is InChI=1S/C22H13BrFNO4/c23-13-5-3-12(4-6-13)19-18-20(26)16-10-14(24)7-8-17(16)29-21(18)22(27)25(19)11-15-2-1-9-28-15/h1-10,19H,11H2/t19-/m0/s1. The van der Waals surface area contributed by atoms with Crippen LogP contribution in [0.15, 0.2) is 79.0 Å². The van der Waals surface area contributed by atoms with Gasteiger partial charge in [0.25, 0.3) is 5.91 Å². The third-order valence-corrected chi connectivity index (χ3v) is 5.55. The smallest absolute Gasteiger partial charge is 0.291 e. The van der Waals surface area contributed by atoms with Gasteiger partial charge in [-0.1, -0.05) is 28.1 Å². The molecule has 2 aromatic carbocycles. The summed E-state index contributed by atoms with van der Waals surface area (Å²) >= 11 is 3.40. The number of nitrogens with zero attached hydrogens (tertiary/aromatic N) is 1. The Morgan fingerprint density at radius 3 is 2.59 bits per heavy atom. The molecule has 3 heterocycles. The van der Waals surface area contributed by atoms with E-state index in [9.17, 15) is 14.0 Å². The predicted octanol–water partition coefficient (Wildman–Crippen LogP) is 5.03. The topological polar surface area (TPSA) is 63.7 Å². The van der Waals surface area contributed by atoms with Gasteiger partial charge in [-0.25, -0.2) is 4.39 Å². The number of benzene rings is 2. The number of rotatable bonds is 3. The van der Waals surface area contributed by atoms with E-state index in [0.717, 1.165) is 16.1 Å². The lowest BCUT2D eigenvalue weighted by molar-refractivity contribution is 0.0701. The van der Waals surface area contributed by atoms with Crippen LogP contribution in [0.2, 0.25) is 0 Å². The molecule has 0 bridgehead atoms. The normalized spacial score (nSPS) is 15.9. The second kappa shape index (κ2) is 6.70. The fraction of sp³-hybridized carbons (Fsp3) is 0.0909. The van der Waals surface area contributed by atoms with Gasteiger partial charge in [0, 0.05) is 4.47 Å². The number of furan rings is 1. The summed E-state index contributed by atoms with van der Waals surface area (Å²) in [4.78, 5) is 28.0. The van der Waals surface area contributed by atoms with Gasteiger partial charge < -0.3 is 13.7 Å². The highest BCUT2D eigenvalue weighted by Gasteiger charge is 2.43. The van der Waals surface area contributed by atoms with Crippen molar-refractivity contribution >= 4 is 32.8 Å². The Morgan fingerprint density at radius 1 is 1.07 bits per heavy atom. The van der Waals surface area contributed by atoms with Crippen molar-refractivity contribution < 1.29 is 18.0 Å². The maximum Gasteiger partial charge on any atom is 0.291 e. The molecule has 0 aliphatic carbocycles. The number of amides is 1. The van der Waals surface area contributed by atoms with Crippen molar-refractivity contribution in [3.63, 3.8) is 0 Å². The Labute approximate surface area is 172 Å². The summed E-state index contributed by atoms with van der Waals surface area (Å²) in [6, 6.07) is 13.9. The zero-order valence-electron chi connectivity index (χ0n) is 14.9. The van der Waals surface area contributed by atoms with Gasteiger partial charge in [-0.3, -0.25) is 9.59 Å². The summed E-state index contributed by atoms with van der Waals surface area (Å²) in [5.74, 6) is -0.390. The number of carbonyl (C=O) groups is 1. The first-order valence-corrected chi connectivity index (χ1v) is 9.67. The molecule has 0 saturated heterocycles. The van der Waals surface area contributed by atoms with E-state index in [4.69, 9.17) is 8.83 Å². The highest BCUT2D eigenvalue weighted by molar-refractivity contribution is 9.10. The van der Waals surface area contributed by atoms with Gasteiger partial charge in [0.15, 0.2) is 5.43 Å². The third-order valence-electron chi connectivity index (χ3n) is 5.02. The van der Waals surface area contributed by atoms with E-state index in [2.05, 4.69) is 15.9 Å². The van der Waals surface area contributed by atoms with Crippen molar-refractivity contribution in [2.75, 3.05) is 0 Å². The summed E-state index contributed by atoms with van der Waals surface area (Å²) in [6.45, 7) is 0.168. The maximum absolute atomic E-state index is 13.8. The zero-order valence-corrected chi connectivity index (χ0v) is 16.5. The molecule has 0 fully saturated rings. The van der Waals surface area contributed by atoms with Crippen LogP contribution in [0.1, 0.15) is 33.5 Å². The summed E-state index contributed by atoms with van der Waals surface area (Å²) in [6.07, 6.45) is 1.53. The molecule has 0 unspecified atom stereocenters. The molecule has 1 aliphatic rings. The number of halogens is 2. The van der Waals surface area contributed by atoms with Gasteiger partial charge in [0.1, 0.15) is 17.2 Å². The minimum Gasteiger partial charge on any atom is -0.467 e. The summed E-state index contributed by atoms with van der Waals surface area (Å²) in [7, 11) is 0. The van der Waals surface area contributed by atoms with E-state index >= 15 is 0 Å². The van der Waals surface area contributed by atoms with Crippen LogP contribution in [0.3, 0.4) is 0 Å². The molecular weight excluding hydrogens is 441 g/mol. The van der Waals surface area contributed by atoms with Crippen LogP contribution in [-0.2, 0) is 6.54 Å². The zero-order chi connectivity index (χ0) is 20.1. The van der Waals surface area contributed by atoms with Crippen LogP contribution in [-0.4, -0.2) is 10.8 Å². The minimum atomic E-state index is -0.667. The second-order valence-corrected chi connectivity index (χ2v) is 7.70. The molecule has 5 nitrogen and oxygen atoms in total. The predicted molar refractivity (Wildman–Crippen MR) is 107 cm³/mol. The van der Waals surface area contributed by atoms with Crippen LogP contribution in [0.25, 0.3) is 11.0 Å². The highest BCUT2D eigenvalue weighted by atomic mass is 79.9. The quantitative estimate of drug-likeness (QED) is 0.436. The van der Waals surface area contributed by atoms with Crippen molar-refractivity contribution in [2.24, 2.45) is 0 Å². The van der Waals surface area contributed by atoms with Gasteiger partial charge in [0.05, 0.1) is 29.8 Å². The number of hydrogen-bond acceptors (Lipinski definition) is 4. The molecule has 1 atom stereocenters. The van der Waals surface area contributed by atoms with Crippen LogP contribution < -0.4 is 5.43 Å². The lowest BCUT2D eigenvalue weighted by Crippen LogP contribution is -2.29. The van der Waals surface area contributed by atoms with Crippen molar-refractivity contribution in [3.8, 4) is 0 Å². The van der Waals surface area contributed by atoms with Gasteiger partial charge in [-0.2, -0.15) is 0 Å². The SMILES string of the molecule is O=C1c2oc3ccc(F)cc3c(=O)c2[C@H](c2ccc(Br)cc2)N1Cc1ccco1. The molecule has 0 saturated carbocycles. The maximum atomic E-state index is 13.8. The van der Waals surface area contributed by atoms with Gasteiger partial charge in [-0.05, 0) is 48.0 Å². The van der Waals surface area contributed by atoms with E-state index in [1.165, 1.54) is 23.3 Å². The molecule has 1 aliphatic heterocycles. The van der Waals surface area contributed by atoms with Crippen molar-refractivity contribution in [3.05, 3.63) is 104 Å². The van der Waals surface area contributed by atoms with E-state index in [0.29, 0.717) is 5.76 Å². The van der Waals surface area contributed by atoms with Crippen LogP contribution in [0.5, 0.6) is 0 Å². The van der Waals surface area contributed by atoms with E-state index < -0.39 is 23.2 Å². The molecule has 29 heavy (non-hydrogen) atoms.